The van der Waals surface area contributed by atoms with Gasteiger partial charge in [0.05, 0.1) is 11.5 Å². The van der Waals surface area contributed by atoms with Gasteiger partial charge in [-0.3, -0.25) is 20.0 Å². The molecule has 0 atom stereocenters. The second kappa shape index (κ2) is 5.61. The molecule has 0 radical (unpaired) electrons. The number of aromatic amines is 1. The van der Waals surface area contributed by atoms with E-state index in [0.717, 1.165) is 4.90 Å². The highest BCUT2D eigenvalue weighted by atomic mass is 19.1. The fourth-order valence-electron chi connectivity index (χ4n) is 1.67. The number of carbonyl (C=O) groups excluding carboxylic acids is 1. The van der Waals surface area contributed by atoms with E-state index in [2.05, 4.69) is 15.2 Å². The second-order valence-electron chi connectivity index (χ2n) is 4.11. The van der Waals surface area contributed by atoms with Gasteiger partial charge < -0.3 is 4.90 Å². The van der Waals surface area contributed by atoms with E-state index < -0.39 is 33.7 Å². The molecule has 8 nitrogen and oxygen atoms in total. The van der Waals surface area contributed by atoms with Gasteiger partial charge in [-0.05, 0) is 6.07 Å². The number of carbonyl (C=O) groups is 1. The van der Waals surface area contributed by atoms with E-state index in [-0.39, 0.29) is 6.54 Å². The lowest BCUT2D eigenvalue weighted by atomic mass is 10.1. The Balaban J connectivity index is 2.34. The molecular formula is C11H9F2N5O3. The predicted octanol–water partition coefficient (Wildman–Crippen LogP) is 1.26. The van der Waals surface area contributed by atoms with Crippen molar-refractivity contribution in [3.05, 3.63) is 51.6 Å². The Morgan fingerprint density at radius 2 is 2.19 bits per heavy atom. The average Bonchev–Trinajstić information content (AvgIpc) is 2.90. The fraction of sp³-hybridized carbons (Fsp3) is 0.182. The molecule has 0 saturated carbocycles. The van der Waals surface area contributed by atoms with Gasteiger partial charge in [-0.25, -0.2) is 9.37 Å². The molecule has 0 fully saturated rings. The van der Waals surface area contributed by atoms with Crippen LogP contribution in [0.4, 0.5) is 14.5 Å². The highest BCUT2D eigenvalue weighted by Crippen LogP contribution is 2.24. The lowest BCUT2D eigenvalue weighted by Gasteiger charge is -2.16. The number of aromatic nitrogens is 3. The van der Waals surface area contributed by atoms with E-state index >= 15 is 0 Å². The van der Waals surface area contributed by atoms with Crippen LogP contribution in [0.5, 0.6) is 0 Å². The van der Waals surface area contributed by atoms with Gasteiger partial charge in [-0.2, -0.15) is 9.49 Å². The number of hydrogen-bond donors (Lipinski definition) is 1. The molecule has 2 aromatic rings. The minimum atomic E-state index is -1.51. The molecule has 2 rings (SSSR count). The van der Waals surface area contributed by atoms with Gasteiger partial charge in [0.15, 0.2) is 0 Å². The first-order chi connectivity index (χ1) is 9.91. The van der Waals surface area contributed by atoms with Crippen molar-refractivity contribution in [1.29, 1.82) is 0 Å². The van der Waals surface area contributed by atoms with Crippen molar-refractivity contribution >= 4 is 11.6 Å². The molecule has 1 aromatic heterocycles. The number of nitrogens with one attached hydrogen (secondary N) is 1. The Morgan fingerprint density at radius 3 is 2.76 bits per heavy atom. The largest absolute Gasteiger partial charge is 0.334 e. The van der Waals surface area contributed by atoms with E-state index in [4.69, 9.17) is 0 Å². The molecule has 1 heterocycles. The molecule has 1 aromatic carbocycles. The van der Waals surface area contributed by atoms with Crippen molar-refractivity contribution in [1.82, 2.24) is 20.1 Å². The molecule has 0 saturated heterocycles. The Labute approximate surface area is 116 Å². The number of hydrogen-bond acceptors (Lipinski definition) is 5. The summed E-state index contributed by atoms with van der Waals surface area (Å²) in [6.07, 6.45) is 1.21. The maximum Gasteiger partial charge on any atom is 0.305 e. The van der Waals surface area contributed by atoms with Crippen LogP contribution >= 0.6 is 0 Å². The maximum absolute atomic E-state index is 13.9. The standard InChI is InChI=1S/C11H9F2N5O3/c1-17(4-8-14-5-15-16-8)11(19)9-6(12)2-3-7(10(9)13)18(20)21/h2-3,5H,4H2,1H3,(H,14,15,16). The van der Waals surface area contributed by atoms with Crippen molar-refractivity contribution in [3.63, 3.8) is 0 Å². The summed E-state index contributed by atoms with van der Waals surface area (Å²) in [5.41, 5.74) is -1.95. The number of nitro benzene ring substituents is 1. The average molecular weight is 297 g/mol. The smallest absolute Gasteiger partial charge is 0.305 e. The van der Waals surface area contributed by atoms with Crippen LogP contribution in [-0.2, 0) is 6.54 Å². The number of benzene rings is 1. The molecular weight excluding hydrogens is 288 g/mol. The summed E-state index contributed by atoms with van der Waals surface area (Å²) in [6.45, 7) is -0.0829. The maximum atomic E-state index is 13.9. The van der Waals surface area contributed by atoms with Crippen molar-refractivity contribution in [2.75, 3.05) is 7.05 Å². The first-order valence-corrected chi connectivity index (χ1v) is 5.64. The normalized spacial score (nSPS) is 10.4. The van der Waals surface area contributed by atoms with Gasteiger partial charge in [0.1, 0.15) is 23.5 Å². The van der Waals surface area contributed by atoms with E-state index in [1.165, 1.54) is 13.4 Å². The Bertz CT molecular complexity index is 689. The van der Waals surface area contributed by atoms with E-state index in [0.29, 0.717) is 18.0 Å². The number of nitro groups is 1. The molecule has 1 amide bonds. The van der Waals surface area contributed by atoms with Crippen LogP contribution < -0.4 is 0 Å². The number of halogens is 2. The lowest BCUT2D eigenvalue weighted by molar-refractivity contribution is -0.387. The SMILES string of the molecule is CN(Cc1ncn[nH]1)C(=O)c1c(F)ccc([N+](=O)[O-])c1F. The minimum absolute atomic E-state index is 0.0829. The van der Waals surface area contributed by atoms with Gasteiger partial charge in [-0.1, -0.05) is 0 Å². The number of nitrogens with zero attached hydrogens (tertiary/aromatic N) is 4. The number of H-pyrrole nitrogens is 1. The Morgan fingerprint density at radius 1 is 1.48 bits per heavy atom. The Kier molecular flexibility index (Phi) is 3.87. The van der Waals surface area contributed by atoms with Crippen LogP contribution in [0.1, 0.15) is 16.2 Å². The summed E-state index contributed by atoms with van der Waals surface area (Å²) >= 11 is 0. The van der Waals surface area contributed by atoms with Crippen LogP contribution in [0.25, 0.3) is 0 Å². The summed E-state index contributed by atoms with van der Waals surface area (Å²) in [5.74, 6) is -3.41. The zero-order chi connectivity index (χ0) is 15.6. The molecule has 0 bridgehead atoms. The highest BCUT2D eigenvalue weighted by molar-refractivity contribution is 5.95. The van der Waals surface area contributed by atoms with E-state index in [1.807, 2.05) is 0 Å². The molecule has 0 unspecified atom stereocenters. The highest BCUT2D eigenvalue weighted by Gasteiger charge is 2.28. The quantitative estimate of drug-likeness (QED) is 0.675. The monoisotopic (exact) mass is 297 g/mol. The minimum Gasteiger partial charge on any atom is -0.334 e. The summed E-state index contributed by atoms with van der Waals surface area (Å²) < 4.78 is 27.5. The van der Waals surface area contributed by atoms with Crippen LogP contribution in [-0.4, -0.2) is 38.0 Å². The number of amides is 1. The van der Waals surface area contributed by atoms with Crippen molar-refractivity contribution in [2.24, 2.45) is 0 Å². The summed E-state index contributed by atoms with van der Waals surface area (Å²) in [5, 5.41) is 16.7. The molecule has 1 N–H and O–H groups in total. The van der Waals surface area contributed by atoms with Crippen molar-refractivity contribution < 1.29 is 18.5 Å². The third-order valence-corrected chi connectivity index (χ3v) is 2.68. The lowest BCUT2D eigenvalue weighted by Crippen LogP contribution is -2.28. The second-order valence-corrected chi connectivity index (χ2v) is 4.11. The summed E-state index contributed by atoms with van der Waals surface area (Å²) in [7, 11) is 1.28. The third kappa shape index (κ3) is 2.83. The van der Waals surface area contributed by atoms with Gasteiger partial charge in [0.25, 0.3) is 5.91 Å². The van der Waals surface area contributed by atoms with Crippen LogP contribution in [0.15, 0.2) is 18.5 Å². The molecule has 110 valence electrons. The Hall–Kier alpha value is -2.91. The third-order valence-electron chi connectivity index (χ3n) is 2.68. The number of rotatable bonds is 4. The van der Waals surface area contributed by atoms with Gasteiger partial charge in [0, 0.05) is 13.1 Å². The zero-order valence-corrected chi connectivity index (χ0v) is 10.7. The van der Waals surface area contributed by atoms with E-state index in [9.17, 15) is 23.7 Å². The predicted molar refractivity (Wildman–Crippen MR) is 65.2 cm³/mol. The molecule has 0 aliphatic heterocycles. The van der Waals surface area contributed by atoms with Crippen LogP contribution in [0.2, 0.25) is 0 Å². The first-order valence-electron chi connectivity index (χ1n) is 5.64. The topological polar surface area (TPSA) is 105 Å². The van der Waals surface area contributed by atoms with Crippen molar-refractivity contribution in [2.45, 2.75) is 6.54 Å². The molecule has 0 aliphatic carbocycles. The first kappa shape index (κ1) is 14.5. The van der Waals surface area contributed by atoms with Crippen LogP contribution in [0, 0.1) is 21.7 Å². The van der Waals surface area contributed by atoms with Crippen LogP contribution in [0.3, 0.4) is 0 Å². The van der Waals surface area contributed by atoms with Gasteiger partial charge >= 0.3 is 5.69 Å². The van der Waals surface area contributed by atoms with Gasteiger partial charge in [-0.15, -0.1) is 0 Å². The van der Waals surface area contributed by atoms with Crippen molar-refractivity contribution in [3.8, 4) is 0 Å². The molecule has 21 heavy (non-hydrogen) atoms. The molecule has 0 spiro atoms. The summed E-state index contributed by atoms with van der Waals surface area (Å²) in [6, 6.07) is 1.34. The molecule has 10 heteroatoms. The summed E-state index contributed by atoms with van der Waals surface area (Å²) in [4.78, 5) is 26.4. The van der Waals surface area contributed by atoms with E-state index in [1.54, 1.807) is 0 Å². The fourth-order valence-corrected chi connectivity index (χ4v) is 1.67. The zero-order valence-electron chi connectivity index (χ0n) is 10.7. The van der Waals surface area contributed by atoms with Gasteiger partial charge in [0.2, 0.25) is 5.82 Å². The molecule has 0 aliphatic rings.